The number of hydrogen-bond donors (Lipinski definition) is 2. The van der Waals surface area contributed by atoms with Crippen LogP contribution in [0.25, 0.3) is 0 Å². The van der Waals surface area contributed by atoms with E-state index in [9.17, 15) is 9.59 Å². The molecule has 3 rings (SSSR count). The molecule has 5 nitrogen and oxygen atoms in total. The van der Waals surface area contributed by atoms with E-state index < -0.39 is 0 Å². The quantitative estimate of drug-likeness (QED) is 0.877. The van der Waals surface area contributed by atoms with Crippen LogP contribution in [0.4, 0.5) is 11.4 Å². The molecule has 2 N–H and O–H groups in total. The zero-order chi connectivity index (χ0) is 14.7. The van der Waals surface area contributed by atoms with Gasteiger partial charge in [-0.3, -0.25) is 9.59 Å². The predicted octanol–water partition coefficient (Wildman–Crippen LogP) is 2.33. The molecule has 0 aromatic heterocycles. The summed E-state index contributed by atoms with van der Waals surface area (Å²) in [6.45, 7) is 1.32. The summed E-state index contributed by atoms with van der Waals surface area (Å²) in [6, 6.07) is 5.69. The number of rotatable bonds is 2. The number of hydrogen-bond acceptors (Lipinski definition) is 3. The van der Waals surface area contributed by atoms with E-state index in [4.69, 9.17) is 4.74 Å². The highest BCUT2D eigenvalue weighted by molar-refractivity contribution is 5.95. The molecule has 0 spiro atoms. The van der Waals surface area contributed by atoms with Gasteiger partial charge in [0.2, 0.25) is 11.8 Å². The third-order valence-corrected chi connectivity index (χ3v) is 4.09. The molecule has 5 heteroatoms. The summed E-state index contributed by atoms with van der Waals surface area (Å²) < 4.78 is 5.28. The minimum atomic E-state index is 0.0391. The fourth-order valence-electron chi connectivity index (χ4n) is 2.86. The van der Waals surface area contributed by atoms with Gasteiger partial charge in [0, 0.05) is 36.9 Å². The first-order chi connectivity index (χ1) is 10.2. The number of carbonyl (C=O) groups excluding carboxylic acids is 2. The van der Waals surface area contributed by atoms with Crippen LogP contribution < -0.4 is 10.6 Å². The van der Waals surface area contributed by atoms with Crippen LogP contribution in [0.2, 0.25) is 0 Å². The van der Waals surface area contributed by atoms with Gasteiger partial charge in [-0.15, -0.1) is 0 Å². The van der Waals surface area contributed by atoms with Gasteiger partial charge in [0.1, 0.15) is 0 Å². The smallest absolute Gasteiger partial charge is 0.227 e. The van der Waals surface area contributed by atoms with Gasteiger partial charge in [0.15, 0.2) is 0 Å². The Morgan fingerprint density at radius 3 is 2.86 bits per heavy atom. The van der Waals surface area contributed by atoms with Crippen molar-refractivity contribution in [3.05, 3.63) is 23.8 Å². The maximum Gasteiger partial charge on any atom is 0.227 e. The molecule has 112 valence electrons. The molecule has 0 aliphatic carbocycles. The molecule has 2 aliphatic heterocycles. The van der Waals surface area contributed by atoms with Gasteiger partial charge >= 0.3 is 0 Å². The van der Waals surface area contributed by atoms with Crippen molar-refractivity contribution in [3.8, 4) is 0 Å². The Kier molecular flexibility index (Phi) is 4.20. The van der Waals surface area contributed by atoms with Crippen LogP contribution >= 0.6 is 0 Å². The molecular formula is C16H20N2O3. The molecule has 0 bridgehead atoms. The van der Waals surface area contributed by atoms with E-state index in [1.165, 1.54) is 0 Å². The van der Waals surface area contributed by atoms with E-state index in [0.29, 0.717) is 19.6 Å². The van der Waals surface area contributed by atoms with Gasteiger partial charge < -0.3 is 15.4 Å². The predicted molar refractivity (Wildman–Crippen MR) is 80.2 cm³/mol. The topological polar surface area (TPSA) is 67.4 Å². The molecule has 1 aromatic carbocycles. The zero-order valence-electron chi connectivity index (χ0n) is 12.0. The van der Waals surface area contributed by atoms with Crippen LogP contribution in [-0.2, 0) is 20.7 Å². The Balaban J connectivity index is 1.70. The van der Waals surface area contributed by atoms with Crippen LogP contribution in [0.5, 0.6) is 0 Å². The summed E-state index contributed by atoms with van der Waals surface area (Å²) in [5, 5.41) is 5.88. The number of nitrogens with one attached hydrogen (secondary N) is 2. The first-order valence-electron chi connectivity index (χ1n) is 7.54. The number of ether oxygens (including phenoxy) is 1. The zero-order valence-corrected chi connectivity index (χ0v) is 12.0. The molecule has 0 atom stereocenters. The molecular weight excluding hydrogens is 268 g/mol. The van der Waals surface area contributed by atoms with Gasteiger partial charge in [-0.05, 0) is 49.4 Å². The minimum absolute atomic E-state index is 0.0391. The van der Waals surface area contributed by atoms with Crippen molar-refractivity contribution in [2.45, 2.75) is 32.1 Å². The number of fused-ring (bicyclic) bond motifs is 1. The molecule has 0 radical (unpaired) electrons. The number of amides is 2. The van der Waals surface area contributed by atoms with E-state index in [-0.39, 0.29) is 17.7 Å². The lowest BCUT2D eigenvalue weighted by atomic mass is 9.99. The van der Waals surface area contributed by atoms with E-state index in [1.54, 1.807) is 0 Å². The van der Waals surface area contributed by atoms with Crippen LogP contribution in [0.1, 0.15) is 31.2 Å². The average Bonchev–Trinajstić information content (AvgIpc) is 2.68. The maximum absolute atomic E-state index is 12.2. The highest BCUT2D eigenvalue weighted by atomic mass is 16.5. The van der Waals surface area contributed by atoms with Crippen LogP contribution in [0.3, 0.4) is 0 Å². The first kappa shape index (κ1) is 14.1. The molecule has 2 heterocycles. The second kappa shape index (κ2) is 6.26. The van der Waals surface area contributed by atoms with Crippen LogP contribution in [0, 0.1) is 5.92 Å². The fourth-order valence-corrected chi connectivity index (χ4v) is 2.86. The largest absolute Gasteiger partial charge is 0.381 e. The minimum Gasteiger partial charge on any atom is -0.381 e. The third-order valence-electron chi connectivity index (χ3n) is 4.09. The van der Waals surface area contributed by atoms with E-state index in [0.717, 1.165) is 42.6 Å². The van der Waals surface area contributed by atoms with Crippen LogP contribution in [-0.4, -0.2) is 25.0 Å². The van der Waals surface area contributed by atoms with Crippen molar-refractivity contribution < 1.29 is 14.3 Å². The van der Waals surface area contributed by atoms with E-state index >= 15 is 0 Å². The second-order valence-corrected chi connectivity index (χ2v) is 5.65. The third kappa shape index (κ3) is 3.42. The fraction of sp³-hybridized carbons (Fsp3) is 0.500. The maximum atomic E-state index is 12.2. The Morgan fingerprint density at radius 1 is 1.24 bits per heavy atom. The standard InChI is InChI=1S/C16H20N2O3/c19-15-3-1-2-12-10-13(4-5-14(12)18-15)17-16(20)11-6-8-21-9-7-11/h4-5,10-11H,1-3,6-9H2,(H,17,20)(H,18,19). The summed E-state index contributed by atoms with van der Waals surface area (Å²) >= 11 is 0. The van der Waals surface area contributed by atoms with E-state index in [1.807, 2.05) is 18.2 Å². The van der Waals surface area contributed by atoms with Gasteiger partial charge in [0.25, 0.3) is 0 Å². The Labute approximate surface area is 124 Å². The summed E-state index contributed by atoms with van der Waals surface area (Å²) in [7, 11) is 0. The summed E-state index contributed by atoms with van der Waals surface area (Å²) in [4.78, 5) is 23.7. The normalized spacial score (nSPS) is 19.3. The van der Waals surface area contributed by atoms with Gasteiger partial charge in [-0.1, -0.05) is 0 Å². The second-order valence-electron chi connectivity index (χ2n) is 5.65. The summed E-state index contributed by atoms with van der Waals surface area (Å²) in [5.41, 5.74) is 2.76. The van der Waals surface area contributed by atoms with Gasteiger partial charge in [-0.25, -0.2) is 0 Å². The molecule has 1 fully saturated rings. The summed E-state index contributed by atoms with van der Waals surface area (Å²) in [6.07, 6.45) is 3.82. The Hall–Kier alpha value is -1.88. The number of anilines is 2. The van der Waals surface area contributed by atoms with Crippen molar-refractivity contribution in [2.24, 2.45) is 5.92 Å². The highest BCUT2D eigenvalue weighted by Crippen LogP contribution is 2.26. The van der Waals surface area contributed by atoms with Crippen molar-refractivity contribution in [1.29, 1.82) is 0 Å². The van der Waals surface area contributed by atoms with E-state index in [2.05, 4.69) is 10.6 Å². The molecule has 1 saturated heterocycles. The van der Waals surface area contributed by atoms with Crippen molar-refractivity contribution in [1.82, 2.24) is 0 Å². The number of carbonyl (C=O) groups is 2. The molecule has 2 aliphatic rings. The van der Waals surface area contributed by atoms with Crippen molar-refractivity contribution >= 4 is 23.2 Å². The van der Waals surface area contributed by atoms with Crippen molar-refractivity contribution in [3.63, 3.8) is 0 Å². The first-order valence-corrected chi connectivity index (χ1v) is 7.54. The highest BCUT2D eigenvalue weighted by Gasteiger charge is 2.22. The molecule has 21 heavy (non-hydrogen) atoms. The molecule has 0 saturated carbocycles. The number of aryl methyl sites for hydroxylation is 1. The molecule has 0 unspecified atom stereocenters. The summed E-state index contributed by atoms with van der Waals surface area (Å²) in [5.74, 6) is 0.168. The number of benzene rings is 1. The molecule has 2 amide bonds. The SMILES string of the molecule is O=C1CCCc2cc(NC(=O)C3CCOCC3)ccc2N1. The van der Waals surface area contributed by atoms with Gasteiger partial charge in [0.05, 0.1) is 0 Å². The lowest BCUT2D eigenvalue weighted by molar-refractivity contribution is -0.122. The average molecular weight is 288 g/mol. The van der Waals surface area contributed by atoms with Crippen molar-refractivity contribution in [2.75, 3.05) is 23.8 Å². The lowest BCUT2D eigenvalue weighted by Gasteiger charge is -2.21. The Bertz CT molecular complexity index is 550. The van der Waals surface area contributed by atoms with Crippen LogP contribution in [0.15, 0.2) is 18.2 Å². The Morgan fingerprint density at radius 2 is 2.05 bits per heavy atom. The van der Waals surface area contributed by atoms with Gasteiger partial charge in [-0.2, -0.15) is 0 Å². The lowest BCUT2D eigenvalue weighted by Crippen LogP contribution is -2.28. The monoisotopic (exact) mass is 288 g/mol. The molecule has 1 aromatic rings.